The zero-order valence-electron chi connectivity index (χ0n) is 14.5. The Morgan fingerprint density at radius 1 is 1.24 bits per heavy atom. The van der Waals surface area contributed by atoms with E-state index in [0.29, 0.717) is 35.5 Å². The van der Waals surface area contributed by atoms with Gasteiger partial charge in [-0.3, -0.25) is 4.90 Å². The average Bonchev–Trinajstić information content (AvgIpc) is 3.08. The Bertz CT molecular complexity index is 709. The number of benzene rings is 1. The summed E-state index contributed by atoms with van der Waals surface area (Å²) in [4.78, 5) is 2.66. The predicted octanol–water partition coefficient (Wildman–Crippen LogP) is 1.75. The molecule has 0 saturated carbocycles. The van der Waals surface area contributed by atoms with E-state index in [4.69, 9.17) is 16.3 Å². The molecule has 9 heteroatoms. The van der Waals surface area contributed by atoms with Crippen LogP contribution in [0.3, 0.4) is 0 Å². The van der Waals surface area contributed by atoms with Crippen molar-refractivity contribution in [3.63, 3.8) is 0 Å². The number of piperazine rings is 1. The smallest absolute Gasteiger partial charge is 0.243 e. The summed E-state index contributed by atoms with van der Waals surface area (Å²) in [5.41, 5.74) is 0.655. The van der Waals surface area contributed by atoms with Gasteiger partial charge in [0.25, 0.3) is 0 Å². The van der Waals surface area contributed by atoms with Gasteiger partial charge in [0.1, 0.15) is 5.75 Å². The van der Waals surface area contributed by atoms with Crippen LogP contribution in [0.1, 0.15) is 12.0 Å². The summed E-state index contributed by atoms with van der Waals surface area (Å²) >= 11 is 6.14. The van der Waals surface area contributed by atoms with Crippen molar-refractivity contribution in [3.8, 4) is 5.75 Å². The number of halogens is 2. The second-order valence-electron chi connectivity index (χ2n) is 6.34. The molecule has 0 bridgehead atoms. The van der Waals surface area contributed by atoms with E-state index in [0.717, 1.165) is 32.6 Å². The van der Waals surface area contributed by atoms with Crippen LogP contribution in [-0.4, -0.2) is 70.0 Å². The van der Waals surface area contributed by atoms with Crippen LogP contribution in [0.5, 0.6) is 5.75 Å². The molecular weight excluding hydrogens is 385 g/mol. The first kappa shape index (κ1) is 20.7. The Morgan fingerprint density at radius 3 is 2.56 bits per heavy atom. The number of hydrogen-bond acceptors (Lipinski definition) is 5. The monoisotopic (exact) mass is 409 g/mol. The lowest BCUT2D eigenvalue weighted by atomic mass is 10.2. The maximum Gasteiger partial charge on any atom is 0.243 e. The molecule has 2 heterocycles. The van der Waals surface area contributed by atoms with Gasteiger partial charge in [-0.2, -0.15) is 4.31 Å². The second-order valence-corrected chi connectivity index (χ2v) is 8.66. The third-order valence-corrected chi connectivity index (χ3v) is 7.16. The largest absolute Gasteiger partial charge is 0.495 e. The molecule has 6 nitrogen and oxygen atoms in total. The molecule has 0 aliphatic carbocycles. The first-order chi connectivity index (χ1) is 11.4. The Labute approximate surface area is 160 Å². The molecule has 2 aliphatic heterocycles. The Balaban J connectivity index is 0.00000225. The Kier molecular flexibility index (Phi) is 6.98. The minimum Gasteiger partial charge on any atom is -0.495 e. The van der Waals surface area contributed by atoms with Gasteiger partial charge in [0.05, 0.1) is 17.0 Å². The number of nitrogens with one attached hydrogen (secondary N) is 1. The van der Waals surface area contributed by atoms with Gasteiger partial charge in [0, 0.05) is 45.3 Å². The minimum atomic E-state index is -3.54. The summed E-state index contributed by atoms with van der Waals surface area (Å²) in [5, 5.41) is 3.65. The highest BCUT2D eigenvalue weighted by Crippen LogP contribution is 2.33. The van der Waals surface area contributed by atoms with Crippen molar-refractivity contribution < 1.29 is 13.2 Å². The zero-order chi connectivity index (χ0) is 17.3. The lowest BCUT2D eigenvalue weighted by Crippen LogP contribution is -2.49. The molecule has 1 aromatic rings. The van der Waals surface area contributed by atoms with Crippen molar-refractivity contribution in [2.24, 2.45) is 0 Å². The van der Waals surface area contributed by atoms with Crippen LogP contribution >= 0.6 is 24.0 Å². The number of nitrogens with zero attached hydrogens (tertiary/aromatic N) is 2. The van der Waals surface area contributed by atoms with Crippen LogP contribution in [0.25, 0.3) is 0 Å². The van der Waals surface area contributed by atoms with Crippen molar-refractivity contribution >= 4 is 34.0 Å². The number of sulfonamides is 1. The molecule has 1 unspecified atom stereocenters. The van der Waals surface area contributed by atoms with Gasteiger partial charge in [-0.1, -0.05) is 11.6 Å². The molecule has 0 aromatic heterocycles. The molecule has 0 radical (unpaired) electrons. The lowest BCUT2D eigenvalue weighted by Gasteiger charge is -2.32. The van der Waals surface area contributed by atoms with Crippen molar-refractivity contribution in [1.82, 2.24) is 14.5 Å². The van der Waals surface area contributed by atoms with E-state index in [1.807, 2.05) is 0 Å². The standard InChI is InChI=1S/C16H24ClN3O3S.ClH/c1-12-9-15(23-2)14(17)10-16(12)24(21,22)20-6-3-13(11-20)19-7-4-18-5-8-19;/h9-10,13,18H,3-8,11H2,1-2H3;1H. The van der Waals surface area contributed by atoms with Crippen LogP contribution in [0.4, 0.5) is 0 Å². The van der Waals surface area contributed by atoms with E-state index in [1.165, 1.54) is 13.2 Å². The topological polar surface area (TPSA) is 61.9 Å². The van der Waals surface area contributed by atoms with Crippen molar-refractivity contribution in [3.05, 3.63) is 22.7 Å². The summed E-state index contributed by atoms with van der Waals surface area (Å²) in [6.07, 6.45) is 0.877. The Morgan fingerprint density at radius 2 is 1.92 bits per heavy atom. The third kappa shape index (κ3) is 4.23. The van der Waals surface area contributed by atoms with Crippen molar-refractivity contribution in [2.45, 2.75) is 24.3 Å². The summed E-state index contributed by atoms with van der Waals surface area (Å²) in [6, 6.07) is 3.48. The van der Waals surface area contributed by atoms with Gasteiger partial charge in [-0.15, -0.1) is 12.4 Å². The fourth-order valence-electron chi connectivity index (χ4n) is 3.48. The summed E-state index contributed by atoms with van der Waals surface area (Å²) in [5.74, 6) is 0.494. The van der Waals surface area contributed by atoms with Gasteiger partial charge in [0.2, 0.25) is 10.0 Å². The number of aryl methyl sites for hydroxylation is 1. The van der Waals surface area contributed by atoms with Crippen LogP contribution in [0.2, 0.25) is 5.02 Å². The van der Waals surface area contributed by atoms with Crippen LogP contribution < -0.4 is 10.1 Å². The molecule has 142 valence electrons. The predicted molar refractivity (Wildman–Crippen MR) is 102 cm³/mol. The van der Waals surface area contributed by atoms with Gasteiger partial charge < -0.3 is 10.1 Å². The Hall–Kier alpha value is -0.570. The highest BCUT2D eigenvalue weighted by molar-refractivity contribution is 7.89. The van der Waals surface area contributed by atoms with E-state index in [2.05, 4.69) is 10.2 Å². The summed E-state index contributed by atoms with van der Waals surface area (Å²) < 4.78 is 32.8. The number of rotatable bonds is 4. The van der Waals surface area contributed by atoms with Gasteiger partial charge in [-0.25, -0.2) is 8.42 Å². The minimum absolute atomic E-state index is 0. The second kappa shape index (κ2) is 8.41. The van der Waals surface area contributed by atoms with Gasteiger partial charge >= 0.3 is 0 Å². The van der Waals surface area contributed by atoms with E-state index in [9.17, 15) is 8.42 Å². The fourth-order valence-corrected chi connectivity index (χ4v) is 5.51. The van der Waals surface area contributed by atoms with E-state index in [-0.39, 0.29) is 17.3 Å². The average molecular weight is 410 g/mol. The SMILES string of the molecule is COc1cc(C)c(S(=O)(=O)N2CCC(N3CCNCC3)C2)cc1Cl.Cl. The van der Waals surface area contributed by atoms with E-state index >= 15 is 0 Å². The molecule has 2 aliphatic rings. The molecule has 1 aromatic carbocycles. The number of methoxy groups -OCH3 is 1. The molecule has 0 amide bonds. The first-order valence-electron chi connectivity index (χ1n) is 8.22. The maximum atomic E-state index is 13.0. The molecule has 0 spiro atoms. The molecule has 2 saturated heterocycles. The van der Waals surface area contributed by atoms with Crippen LogP contribution in [-0.2, 0) is 10.0 Å². The summed E-state index contributed by atoms with van der Waals surface area (Å²) in [6.45, 7) is 6.77. The molecule has 1 N–H and O–H groups in total. The quantitative estimate of drug-likeness (QED) is 0.820. The van der Waals surface area contributed by atoms with E-state index in [1.54, 1.807) is 17.3 Å². The maximum absolute atomic E-state index is 13.0. The van der Waals surface area contributed by atoms with Crippen LogP contribution in [0.15, 0.2) is 17.0 Å². The normalized spacial score (nSPS) is 22.6. The number of ether oxygens (including phenoxy) is 1. The summed E-state index contributed by atoms with van der Waals surface area (Å²) in [7, 11) is -2.02. The number of hydrogen-bond donors (Lipinski definition) is 1. The third-order valence-electron chi connectivity index (χ3n) is 4.86. The van der Waals surface area contributed by atoms with E-state index < -0.39 is 10.0 Å². The highest BCUT2D eigenvalue weighted by atomic mass is 35.5. The zero-order valence-corrected chi connectivity index (χ0v) is 16.9. The molecule has 3 rings (SSSR count). The van der Waals surface area contributed by atoms with Crippen molar-refractivity contribution in [2.75, 3.05) is 46.4 Å². The first-order valence-corrected chi connectivity index (χ1v) is 10.0. The molecular formula is C16H25Cl2N3O3S. The van der Waals surface area contributed by atoms with Crippen molar-refractivity contribution in [1.29, 1.82) is 0 Å². The molecule has 25 heavy (non-hydrogen) atoms. The van der Waals surface area contributed by atoms with Gasteiger partial charge in [-0.05, 0) is 31.0 Å². The van der Waals surface area contributed by atoms with Crippen LogP contribution in [0, 0.1) is 6.92 Å². The van der Waals surface area contributed by atoms with Gasteiger partial charge in [0.15, 0.2) is 0 Å². The fraction of sp³-hybridized carbons (Fsp3) is 0.625. The molecule has 1 atom stereocenters. The highest BCUT2D eigenvalue weighted by Gasteiger charge is 2.36. The lowest BCUT2D eigenvalue weighted by molar-refractivity contribution is 0.179. The molecule has 2 fully saturated rings.